The first-order valence-corrected chi connectivity index (χ1v) is 7.00. The van der Waals surface area contributed by atoms with E-state index in [1.807, 2.05) is 30.0 Å². The van der Waals surface area contributed by atoms with E-state index < -0.39 is 0 Å². The highest BCUT2D eigenvalue weighted by Gasteiger charge is 2.35. The van der Waals surface area contributed by atoms with Gasteiger partial charge in [-0.05, 0) is 58.9 Å². The van der Waals surface area contributed by atoms with E-state index in [1.165, 1.54) is 0 Å². The highest BCUT2D eigenvalue weighted by atomic mass is 79.9. The minimum absolute atomic E-state index is 0. The maximum absolute atomic E-state index is 12.4. The molecule has 1 aromatic rings. The second kappa shape index (κ2) is 6.25. The third-order valence-electron chi connectivity index (χ3n) is 3.69. The van der Waals surface area contributed by atoms with Gasteiger partial charge in [0.25, 0.3) is 5.91 Å². The summed E-state index contributed by atoms with van der Waals surface area (Å²) in [5.74, 6) is 0.0963. The highest BCUT2D eigenvalue weighted by Crippen LogP contribution is 2.30. The van der Waals surface area contributed by atoms with Crippen LogP contribution in [0.3, 0.4) is 0 Å². The van der Waals surface area contributed by atoms with Gasteiger partial charge in [-0.2, -0.15) is 0 Å². The zero-order valence-corrected chi connectivity index (χ0v) is 13.7. The van der Waals surface area contributed by atoms with Crippen molar-refractivity contribution in [2.24, 2.45) is 11.1 Å². The van der Waals surface area contributed by atoms with Crippen LogP contribution in [0.5, 0.6) is 0 Å². The lowest BCUT2D eigenvalue weighted by atomic mass is 9.90. The molecule has 3 nitrogen and oxygen atoms in total. The summed E-state index contributed by atoms with van der Waals surface area (Å²) in [5, 5.41) is 0. The Balaban J connectivity index is 0.00000180. The fourth-order valence-corrected chi connectivity index (χ4v) is 2.99. The van der Waals surface area contributed by atoms with E-state index in [9.17, 15) is 4.79 Å². The van der Waals surface area contributed by atoms with Crippen molar-refractivity contribution in [2.45, 2.75) is 20.3 Å². The van der Waals surface area contributed by atoms with Gasteiger partial charge in [-0.3, -0.25) is 4.79 Å². The number of nitrogens with two attached hydrogens (primary N) is 1. The molecule has 2 rings (SSSR count). The molecule has 19 heavy (non-hydrogen) atoms. The smallest absolute Gasteiger partial charge is 0.255 e. The number of benzene rings is 1. The van der Waals surface area contributed by atoms with Crippen LogP contribution in [0.1, 0.15) is 29.3 Å². The zero-order valence-electron chi connectivity index (χ0n) is 11.3. The van der Waals surface area contributed by atoms with Gasteiger partial charge in [-0.25, -0.2) is 0 Å². The van der Waals surface area contributed by atoms with Crippen molar-refractivity contribution in [1.29, 1.82) is 0 Å². The number of rotatable bonds is 2. The van der Waals surface area contributed by atoms with Gasteiger partial charge in [0.2, 0.25) is 0 Å². The number of hydrogen-bond acceptors (Lipinski definition) is 2. The Kier molecular flexibility index (Phi) is 5.42. The largest absolute Gasteiger partial charge is 0.338 e. The lowest BCUT2D eigenvalue weighted by Gasteiger charge is -2.23. The van der Waals surface area contributed by atoms with E-state index in [0.717, 1.165) is 35.1 Å². The number of hydrogen-bond donors (Lipinski definition) is 1. The number of carbonyl (C=O) groups is 1. The van der Waals surface area contributed by atoms with E-state index in [1.54, 1.807) is 0 Å². The Hall–Kier alpha value is -0.580. The molecule has 1 aromatic carbocycles. The molecule has 1 amide bonds. The van der Waals surface area contributed by atoms with Gasteiger partial charge in [-0.15, -0.1) is 12.4 Å². The fourth-order valence-electron chi connectivity index (χ4n) is 2.33. The van der Waals surface area contributed by atoms with E-state index in [4.69, 9.17) is 5.73 Å². The summed E-state index contributed by atoms with van der Waals surface area (Å²) < 4.78 is 0.869. The normalized spacial score (nSPS) is 22.2. The molecule has 0 saturated carbocycles. The molecule has 1 aliphatic heterocycles. The molecule has 0 bridgehead atoms. The fraction of sp³-hybridized carbons (Fsp3) is 0.500. The van der Waals surface area contributed by atoms with Gasteiger partial charge in [0, 0.05) is 17.6 Å². The lowest BCUT2D eigenvalue weighted by molar-refractivity contribution is 0.0776. The SMILES string of the molecule is Cc1ccc(C(=O)N2CCC(C)(CN)C2)c(Br)c1.Cl. The van der Waals surface area contributed by atoms with E-state index in [2.05, 4.69) is 22.9 Å². The summed E-state index contributed by atoms with van der Waals surface area (Å²) in [4.78, 5) is 14.3. The quantitative estimate of drug-likeness (QED) is 0.894. The molecule has 2 N–H and O–H groups in total. The molecule has 0 aliphatic carbocycles. The van der Waals surface area contributed by atoms with Crippen LogP contribution >= 0.6 is 28.3 Å². The van der Waals surface area contributed by atoms with Gasteiger partial charge in [0.1, 0.15) is 0 Å². The number of aryl methyl sites for hydroxylation is 1. The molecule has 0 radical (unpaired) electrons. The second-order valence-electron chi connectivity index (χ2n) is 5.47. The molecule has 5 heteroatoms. The monoisotopic (exact) mass is 346 g/mol. The van der Waals surface area contributed by atoms with Crippen molar-refractivity contribution in [1.82, 2.24) is 4.90 Å². The standard InChI is InChI=1S/C14H19BrN2O.ClH/c1-10-3-4-11(12(15)7-10)13(18)17-6-5-14(2,8-16)9-17;/h3-4,7H,5-6,8-9,16H2,1-2H3;1H. The summed E-state index contributed by atoms with van der Waals surface area (Å²) in [7, 11) is 0. The molecule has 0 spiro atoms. The van der Waals surface area contributed by atoms with Crippen molar-refractivity contribution < 1.29 is 4.79 Å². The number of nitrogens with zero attached hydrogens (tertiary/aromatic N) is 1. The molecule has 1 heterocycles. The van der Waals surface area contributed by atoms with Crippen molar-refractivity contribution in [3.05, 3.63) is 33.8 Å². The third kappa shape index (κ3) is 3.50. The third-order valence-corrected chi connectivity index (χ3v) is 4.35. The average molecular weight is 348 g/mol. The van der Waals surface area contributed by atoms with Crippen LogP contribution in [0.15, 0.2) is 22.7 Å². The molecular weight excluding hydrogens is 328 g/mol. The Morgan fingerprint density at radius 3 is 2.74 bits per heavy atom. The topological polar surface area (TPSA) is 46.3 Å². The maximum Gasteiger partial charge on any atom is 0.255 e. The second-order valence-corrected chi connectivity index (χ2v) is 6.33. The van der Waals surface area contributed by atoms with Gasteiger partial charge in [0.15, 0.2) is 0 Å². The summed E-state index contributed by atoms with van der Waals surface area (Å²) >= 11 is 3.47. The molecule has 106 valence electrons. The first-order valence-electron chi connectivity index (χ1n) is 6.21. The molecule has 1 aliphatic rings. The molecular formula is C14H20BrClN2O. The maximum atomic E-state index is 12.4. The van der Waals surface area contributed by atoms with Crippen LogP contribution in [-0.2, 0) is 0 Å². The summed E-state index contributed by atoms with van der Waals surface area (Å²) in [6.07, 6.45) is 0.985. The van der Waals surface area contributed by atoms with E-state index in [0.29, 0.717) is 6.54 Å². The summed E-state index contributed by atoms with van der Waals surface area (Å²) in [6, 6.07) is 5.83. The van der Waals surface area contributed by atoms with Crippen LogP contribution in [0, 0.1) is 12.3 Å². The molecule has 1 saturated heterocycles. The average Bonchev–Trinajstić information content (AvgIpc) is 2.72. The van der Waals surface area contributed by atoms with Crippen LogP contribution in [0.2, 0.25) is 0 Å². The van der Waals surface area contributed by atoms with Crippen molar-refractivity contribution >= 4 is 34.2 Å². The van der Waals surface area contributed by atoms with E-state index in [-0.39, 0.29) is 23.7 Å². The Bertz CT molecular complexity index is 481. The number of halogens is 2. The van der Waals surface area contributed by atoms with Crippen LogP contribution < -0.4 is 5.73 Å². The Morgan fingerprint density at radius 2 is 2.21 bits per heavy atom. The minimum atomic E-state index is 0. The number of likely N-dealkylation sites (tertiary alicyclic amines) is 1. The van der Waals surface area contributed by atoms with Gasteiger partial charge in [-0.1, -0.05) is 13.0 Å². The number of amides is 1. The molecule has 1 fully saturated rings. The van der Waals surface area contributed by atoms with Crippen molar-refractivity contribution in [3.63, 3.8) is 0 Å². The lowest BCUT2D eigenvalue weighted by Crippen LogP contribution is -2.34. The van der Waals surface area contributed by atoms with Crippen molar-refractivity contribution in [2.75, 3.05) is 19.6 Å². The van der Waals surface area contributed by atoms with Crippen LogP contribution in [0.4, 0.5) is 0 Å². The van der Waals surface area contributed by atoms with Crippen LogP contribution in [0.25, 0.3) is 0 Å². The molecule has 0 aromatic heterocycles. The zero-order chi connectivity index (χ0) is 13.3. The Morgan fingerprint density at radius 1 is 1.53 bits per heavy atom. The van der Waals surface area contributed by atoms with Crippen LogP contribution in [-0.4, -0.2) is 30.4 Å². The number of carbonyl (C=O) groups excluding carboxylic acids is 1. The first-order chi connectivity index (χ1) is 8.45. The molecule has 1 unspecified atom stereocenters. The van der Waals surface area contributed by atoms with Crippen molar-refractivity contribution in [3.8, 4) is 0 Å². The summed E-state index contributed by atoms with van der Waals surface area (Å²) in [6.45, 7) is 6.34. The van der Waals surface area contributed by atoms with Gasteiger partial charge in [0.05, 0.1) is 5.56 Å². The van der Waals surface area contributed by atoms with E-state index >= 15 is 0 Å². The van der Waals surface area contributed by atoms with Gasteiger partial charge >= 0.3 is 0 Å². The highest BCUT2D eigenvalue weighted by molar-refractivity contribution is 9.10. The predicted molar refractivity (Wildman–Crippen MR) is 83.8 cm³/mol. The predicted octanol–water partition coefficient (Wildman–Crippen LogP) is 2.99. The first kappa shape index (κ1) is 16.5. The Labute approximate surface area is 129 Å². The summed E-state index contributed by atoms with van der Waals surface area (Å²) in [5.41, 5.74) is 7.73. The molecule has 1 atom stereocenters. The van der Waals surface area contributed by atoms with Gasteiger partial charge < -0.3 is 10.6 Å². The minimum Gasteiger partial charge on any atom is -0.338 e.